The highest BCUT2D eigenvalue weighted by Crippen LogP contribution is 2.61. The summed E-state index contributed by atoms with van der Waals surface area (Å²) in [5.41, 5.74) is 1.24. The quantitative estimate of drug-likeness (QED) is 0.498. The number of pyridine rings is 1. The fourth-order valence-electron chi connectivity index (χ4n) is 6.11. The molecular weight excluding hydrogens is 434 g/mol. The largest absolute Gasteiger partial charge is 0.481 e. The number of esters is 2. The zero-order chi connectivity index (χ0) is 24.5. The predicted molar refractivity (Wildman–Crippen MR) is 126 cm³/mol. The van der Waals surface area contributed by atoms with Gasteiger partial charge in [-0.2, -0.15) is 0 Å². The van der Waals surface area contributed by atoms with Crippen LogP contribution >= 0.6 is 0 Å². The van der Waals surface area contributed by atoms with Gasteiger partial charge in [0, 0.05) is 23.6 Å². The molecule has 1 aromatic rings. The number of hydrogen-bond acceptors (Lipinski definition) is 7. The lowest BCUT2D eigenvalue weighted by molar-refractivity contribution is -0.147. The first kappa shape index (κ1) is 24.2. The number of cyclic esters (lactones) is 1. The van der Waals surface area contributed by atoms with Crippen LogP contribution in [-0.4, -0.2) is 48.5 Å². The number of aliphatic hydroxyl groups excluding tert-OH is 1. The lowest BCUT2D eigenvalue weighted by Gasteiger charge is -2.59. The normalized spacial score (nSPS) is 33.3. The molecule has 2 saturated carbocycles. The Morgan fingerprint density at radius 3 is 2.79 bits per heavy atom. The minimum Gasteiger partial charge on any atom is -0.481 e. The van der Waals surface area contributed by atoms with Gasteiger partial charge in [0.05, 0.1) is 31.0 Å². The number of fused-ring (bicyclic) bond motifs is 1. The number of aromatic nitrogens is 1. The number of aliphatic hydroxyl groups is 1. The van der Waals surface area contributed by atoms with Crippen LogP contribution in [0.25, 0.3) is 0 Å². The van der Waals surface area contributed by atoms with E-state index in [1.165, 1.54) is 13.3 Å². The molecule has 0 radical (unpaired) electrons. The van der Waals surface area contributed by atoms with E-state index >= 15 is 0 Å². The minimum absolute atomic E-state index is 0.0499. The summed E-state index contributed by atoms with van der Waals surface area (Å²) in [5, 5.41) is 11.1. The molecule has 0 spiro atoms. The van der Waals surface area contributed by atoms with Gasteiger partial charge >= 0.3 is 11.9 Å². The van der Waals surface area contributed by atoms with Crippen molar-refractivity contribution >= 4 is 11.9 Å². The molecule has 1 N–H and O–H groups in total. The van der Waals surface area contributed by atoms with E-state index in [4.69, 9.17) is 14.2 Å². The average molecular weight is 468 g/mol. The molecule has 4 rings (SSSR count). The third-order valence-electron chi connectivity index (χ3n) is 8.13. The van der Waals surface area contributed by atoms with Crippen molar-refractivity contribution in [1.29, 1.82) is 0 Å². The molecule has 1 unspecified atom stereocenters. The Hall–Kier alpha value is -2.93. The first-order valence-corrected chi connectivity index (χ1v) is 11.8. The van der Waals surface area contributed by atoms with Gasteiger partial charge in [0.1, 0.15) is 6.61 Å². The van der Waals surface area contributed by atoms with Crippen molar-refractivity contribution < 1.29 is 28.9 Å². The van der Waals surface area contributed by atoms with Crippen LogP contribution in [-0.2, 0) is 14.3 Å². The van der Waals surface area contributed by atoms with Gasteiger partial charge < -0.3 is 19.3 Å². The van der Waals surface area contributed by atoms with Crippen LogP contribution in [0.1, 0.15) is 49.9 Å². The van der Waals surface area contributed by atoms with E-state index in [2.05, 4.69) is 24.6 Å². The number of nitrogens with zero attached hydrogens (tertiary/aromatic N) is 1. The average Bonchev–Trinajstić information content (AvgIpc) is 3.24. The van der Waals surface area contributed by atoms with Crippen LogP contribution in [0.15, 0.2) is 54.3 Å². The van der Waals surface area contributed by atoms with Gasteiger partial charge in [0.25, 0.3) is 0 Å². The Bertz CT molecular complexity index is 1030. The molecule has 1 aliphatic heterocycles. The second kappa shape index (κ2) is 9.37. The number of hydrogen-bond donors (Lipinski definition) is 1. The van der Waals surface area contributed by atoms with Crippen molar-refractivity contribution in [3.63, 3.8) is 0 Å². The van der Waals surface area contributed by atoms with Crippen molar-refractivity contribution in [2.45, 2.75) is 45.6 Å². The number of methoxy groups -OCH3 is 1. The third-order valence-corrected chi connectivity index (χ3v) is 8.13. The highest BCUT2D eigenvalue weighted by atomic mass is 16.5. The highest BCUT2D eigenvalue weighted by Gasteiger charge is 2.57. The number of carbonyl (C=O) groups excluding carboxylic acids is 2. The lowest BCUT2D eigenvalue weighted by atomic mass is 9.46. The molecule has 0 amide bonds. The molecule has 2 fully saturated rings. The van der Waals surface area contributed by atoms with E-state index < -0.39 is 17.5 Å². The smallest absolute Gasteiger partial charge is 0.339 e. The minimum atomic E-state index is -0.610. The first-order chi connectivity index (χ1) is 16.2. The maximum Gasteiger partial charge on any atom is 0.339 e. The van der Waals surface area contributed by atoms with Crippen LogP contribution in [0.4, 0.5) is 0 Å². The Morgan fingerprint density at radius 2 is 2.15 bits per heavy atom. The van der Waals surface area contributed by atoms with E-state index in [0.29, 0.717) is 30.0 Å². The van der Waals surface area contributed by atoms with Gasteiger partial charge in [-0.15, -0.1) is 0 Å². The topological polar surface area (TPSA) is 95.0 Å². The third kappa shape index (κ3) is 4.29. The summed E-state index contributed by atoms with van der Waals surface area (Å²) < 4.78 is 15.8. The van der Waals surface area contributed by atoms with Gasteiger partial charge in [-0.3, -0.25) is 0 Å². The molecule has 182 valence electrons. The standard InChI is InChI=1S/C27H33NO6/c1-17-5-9-21-26(2,20(17)8-6-18-12-14-33-24(18)30)13-11-22(29)27(21,3)16-34-25(31)19-7-10-23(32-4)28-15-19/h6-8,10,12,15,20-22,29H,1,5,9,11,13-14,16H2,2-4H3/b8-6+/t20-,21?,22-,26+,27+/m1/s1. The SMILES string of the molecule is C=C1CCC2[C@](C)(COC(=O)c3ccc(OC)nc3)[C@H](O)CC[C@@]2(C)[C@@H]1/C=C/C1=CCOC1=O. The van der Waals surface area contributed by atoms with Crippen LogP contribution in [0.2, 0.25) is 0 Å². The maximum atomic E-state index is 12.7. The molecular formula is C27H33NO6. The van der Waals surface area contributed by atoms with Crippen LogP contribution in [0, 0.1) is 22.7 Å². The van der Waals surface area contributed by atoms with E-state index in [0.717, 1.165) is 24.8 Å². The van der Waals surface area contributed by atoms with Crippen LogP contribution in [0.5, 0.6) is 5.88 Å². The van der Waals surface area contributed by atoms with E-state index in [9.17, 15) is 14.7 Å². The van der Waals surface area contributed by atoms with E-state index in [1.807, 2.05) is 13.0 Å². The van der Waals surface area contributed by atoms with Crippen molar-refractivity contribution in [2.75, 3.05) is 20.3 Å². The molecule has 34 heavy (non-hydrogen) atoms. The van der Waals surface area contributed by atoms with Gasteiger partial charge in [0.15, 0.2) is 0 Å². The first-order valence-electron chi connectivity index (χ1n) is 11.8. The van der Waals surface area contributed by atoms with Gasteiger partial charge in [-0.1, -0.05) is 38.2 Å². The fourth-order valence-corrected chi connectivity index (χ4v) is 6.11. The van der Waals surface area contributed by atoms with Crippen LogP contribution < -0.4 is 4.74 Å². The van der Waals surface area contributed by atoms with Gasteiger partial charge in [-0.05, 0) is 49.2 Å². The zero-order valence-corrected chi connectivity index (χ0v) is 20.1. The molecule has 5 atom stereocenters. The summed E-state index contributed by atoms with van der Waals surface area (Å²) in [6, 6.07) is 3.23. The summed E-state index contributed by atoms with van der Waals surface area (Å²) in [4.78, 5) is 28.7. The summed E-state index contributed by atoms with van der Waals surface area (Å²) in [7, 11) is 1.51. The maximum absolute atomic E-state index is 12.7. The molecule has 7 heteroatoms. The summed E-state index contributed by atoms with van der Waals surface area (Å²) in [6.07, 6.45) is 9.65. The van der Waals surface area contributed by atoms with Crippen molar-refractivity contribution in [2.24, 2.45) is 22.7 Å². The zero-order valence-electron chi connectivity index (χ0n) is 20.1. The van der Waals surface area contributed by atoms with Crippen molar-refractivity contribution in [3.8, 4) is 5.88 Å². The van der Waals surface area contributed by atoms with E-state index in [1.54, 1.807) is 18.2 Å². The molecule has 1 aromatic heterocycles. The van der Waals surface area contributed by atoms with Gasteiger partial charge in [0.2, 0.25) is 5.88 Å². The molecule has 0 aromatic carbocycles. The number of ether oxygens (including phenoxy) is 3. The Balaban J connectivity index is 1.54. The summed E-state index contributed by atoms with van der Waals surface area (Å²) >= 11 is 0. The molecule has 2 aliphatic carbocycles. The Kier molecular flexibility index (Phi) is 6.67. The molecule has 2 heterocycles. The van der Waals surface area contributed by atoms with Crippen molar-refractivity contribution in [1.82, 2.24) is 4.98 Å². The monoisotopic (exact) mass is 467 g/mol. The second-order valence-corrected chi connectivity index (χ2v) is 10.1. The lowest BCUT2D eigenvalue weighted by Crippen LogP contribution is -2.57. The van der Waals surface area contributed by atoms with Crippen molar-refractivity contribution in [3.05, 3.63) is 59.8 Å². The van der Waals surface area contributed by atoms with Crippen LogP contribution in [0.3, 0.4) is 0 Å². The van der Waals surface area contributed by atoms with E-state index in [-0.39, 0.29) is 29.8 Å². The second-order valence-electron chi connectivity index (χ2n) is 10.1. The number of carbonyl (C=O) groups is 2. The molecule has 0 bridgehead atoms. The molecule has 3 aliphatic rings. The molecule has 0 saturated heterocycles. The highest BCUT2D eigenvalue weighted by molar-refractivity contribution is 5.93. The Labute approximate surface area is 200 Å². The fraction of sp³-hybridized carbons (Fsp3) is 0.519. The number of rotatable bonds is 6. The Morgan fingerprint density at radius 1 is 1.35 bits per heavy atom. The molecule has 7 nitrogen and oxygen atoms in total. The van der Waals surface area contributed by atoms with Gasteiger partial charge in [-0.25, -0.2) is 14.6 Å². The number of allylic oxidation sites excluding steroid dienone is 2. The summed E-state index contributed by atoms with van der Waals surface area (Å²) in [5.74, 6) is -0.198. The predicted octanol–water partition coefficient (Wildman–Crippen LogP) is 4.04. The summed E-state index contributed by atoms with van der Waals surface area (Å²) in [6.45, 7) is 9.01.